The standard InChI is InChI=1S/C12H11ClN4/c1-17-11(5-12(14)16-17)9-6-15-10-3-2-7(13)4-8(9)10/h2-6,15H,1H3,(H2,14,16). The topological polar surface area (TPSA) is 59.6 Å². The molecule has 0 aliphatic rings. The van der Waals surface area contributed by atoms with Crippen LogP contribution in [-0.4, -0.2) is 14.8 Å². The summed E-state index contributed by atoms with van der Waals surface area (Å²) in [5, 5.41) is 5.93. The Hall–Kier alpha value is -1.94. The Balaban J connectivity index is 2.30. The van der Waals surface area contributed by atoms with Gasteiger partial charge in [-0.3, -0.25) is 4.68 Å². The second-order valence-corrected chi connectivity index (χ2v) is 4.41. The molecule has 0 saturated carbocycles. The van der Waals surface area contributed by atoms with Crippen molar-refractivity contribution in [2.45, 2.75) is 0 Å². The number of rotatable bonds is 1. The molecule has 0 aliphatic heterocycles. The highest BCUT2D eigenvalue weighted by Crippen LogP contribution is 2.30. The normalized spacial score (nSPS) is 11.2. The van der Waals surface area contributed by atoms with Crippen LogP contribution in [0.2, 0.25) is 5.02 Å². The number of H-pyrrole nitrogens is 1. The van der Waals surface area contributed by atoms with Crippen molar-refractivity contribution in [3.63, 3.8) is 0 Å². The first-order valence-corrected chi connectivity index (χ1v) is 5.59. The van der Waals surface area contributed by atoms with E-state index in [4.69, 9.17) is 17.3 Å². The number of aryl methyl sites for hydroxylation is 1. The lowest BCUT2D eigenvalue weighted by molar-refractivity contribution is 0.781. The van der Waals surface area contributed by atoms with Crippen LogP contribution in [0.5, 0.6) is 0 Å². The maximum absolute atomic E-state index is 6.02. The molecular weight excluding hydrogens is 236 g/mol. The average molecular weight is 247 g/mol. The minimum absolute atomic E-state index is 0.513. The van der Waals surface area contributed by atoms with Gasteiger partial charge in [0.15, 0.2) is 0 Å². The molecule has 0 bridgehead atoms. The van der Waals surface area contributed by atoms with Crippen molar-refractivity contribution in [3.8, 4) is 11.3 Å². The summed E-state index contributed by atoms with van der Waals surface area (Å²) in [6.07, 6.45) is 1.94. The number of benzene rings is 1. The number of hydrogen-bond donors (Lipinski definition) is 2. The largest absolute Gasteiger partial charge is 0.382 e. The summed E-state index contributed by atoms with van der Waals surface area (Å²) in [4.78, 5) is 3.21. The second kappa shape index (κ2) is 3.53. The molecule has 0 unspecified atom stereocenters. The lowest BCUT2D eigenvalue weighted by Gasteiger charge is -1.99. The summed E-state index contributed by atoms with van der Waals surface area (Å²) in [6.45, 7) is 0. The van der Waals surface area contributed by atoms with Crippen molar-refractivity contribution in [2.75, 3.05) is 5.73 Å². The van der Waals surface area contributed by atoms with Crippen LogP contribution in [0.1, 0.15) is 0 Å². The Bertz CT molecular complexity index is 696. The molecule has 3 rings (SSSR count). The van der Waals surface area contributed by atoms with Crippen molar-refractivity contribution in [1.82, 2.24) is 14.8 Å². The molecule has 0 radical (unpaired) electrons. The predicted molar refractivity (Wildman–Crippen MR) is 69.9 cm³/mol. The zero-order chi connectivity index (χ0) is 12.0. The zero-order valence-electron chi connectivity index (χ0n) is 9.24. The Morgan fingerprint density at radius 2 is 2.18 bits per heavy atom. The van der Waals surface area contributed by atoms with Gasteiger partial charge in [-0.25, -0.2) is 0 Å². The summed E-state index contributed by atoms with van der Waals surface area (Å²) in [5.41, 5.74) is 8.76. The summed E-state index contributed by atoms with van der Waals surface area (Å²) in [5.74, 6) is 0.513. The van der Waals surface area contributed by atoms with Gasteiger partial charge in [-0.05, 0) is 18.2 Å². The third kappa shape index (κ3) is 1.57. The van der Waals surface area contributed by atoms with Gasteiger partial charge in [-0.15, -0.1) is 0 Å². The van der Waals surface area contributed by atoms with Crippen molar-refractivity contribution >= 4 is 28.3 Å². The fourth-order valence-corrected chi connectivity index (χ4v) is 2.22. The molecule has 5 heteroatoms. The average Bonchev–Trinajstić information content (AvgIpc) is 2.81. The van der Waals surface area contributed by atoms with Gasteiger partial charge in [0, 0.05) is 40.8 Å². The quantitative estimate of drug-likeness (QED) is 0.694. The van der Waals surface area contributed by atoms with Crippen molar-refractivity contribution in [3.05, 3.63) is 35.5 Å². The predicted octanol–water partition coefficient (Wildman–Crippen LogP) is 2.80. The molecule has 0 atom stereocenters. The molecule has 17 heavy (non-hydrogen) atoms. The molecule has 1 aromatic carbocycles. The van der Waals surface area contributed by atoms with Crippen LogP contribution in [0.3, 0.4) is 0 Å². The van der Waals surface area contributed by atoms with E-state index >= 15 is 0 Å². The van der Waals surface area contributed by atoms with E-state index in [1.54, 1.807) is 4.68 Å². The molecule has 2 heterocycles. The van der Waals surface area contributed by atoms with E-state index in [1.165, 1.54) is 0 Å². The molecular formula is C12H11ClN4. The lowest BCUT2D eigenvalue weighted by Crippen LogP contribution is -1.94. The van der Waals surface area contributed by atoms with Crippen molar-refractivity contribution in [1.29, 1.82) is 0 Å². The number of nitrogens with one attached hydrogen (secondary N) is 1. The highest BCUT2D eigenvalue weighted by atomic mass is 35.5. The fourth-order valence-electron chi connectivity index (χ4n) is 2.05. The molecule has 3 N–H and O–H groups in total. The SMILES string of the molecule is Cn1nc(N)cc1-c1c[nH]c2ccc(Cl)cc12. The van der Waals surface area contributed by atoms with E-state index < -0.39 is 0 Å². The van der Waals surface area contributed by atoms with Crippen LogP contribution >= 0.6 is 11.6 Å². The van der Waals surface area contributed by atoms with Crippen LogP contribution in [0, 0.1) is 0 Å². The zero-order valence-corrected chi connectivity index (χ0v) is 9.99. The minimum Gasteiger partial charge on any atom is -0.382 e. The molecule has 0 spiro atoms. The second-order valence-electron chi connectivity index (χ2n) is 3.97. The van der Waals surface area contributed by atoms with Crippen molar-refractivity contribution in [2.24, 2.45) is 7.05 Å². The van der Waals surface area contributed by atoms with Gasteiger partial charge in [0.1, 0.15) is 5.82 Å². The molecule has 4 nitrogen and oxygen atoms in total. The summed E-state index contributed by atoms with van der Waals surface area (Å²) >= 11 is 6.02. The molecule has 0 fully saturated rings. The smallest absolute Gasteiger partial charge is 0.146 e. The van der Waals surface area contributed by atoms with Crippen LogP contribution in [0.25, 0.3) is 22.2 Å². The van der Waals surface area contributed by atoms with E-state index in [2.05, 4.69) is 10.1 Å². The van der Waals surface area contributed by atoms with Gasteiger partial charge < -0.3 is 10.7 Å². The first-order chi connectivity index (χ1) is 8.15. The summed E-state index contributed by atoms with van der Waals surface area (Å²) < 4.78 is 1.76. The van der Waals surface area contributed by atoms with E-state index in [0.717, 1.165) is 22.2 Å². The maximum atomic E-state index is 6.02. The van der Waals surface area contributed by atoms with Crippen LogP contribution in [0.15, 0.2) is 30.5 Å². The first kappa shape index (κ1) is 10.2. The maximum Gasteiger partial charge on any atom is 0.146 e. The third-order valence-electron chi connectivity index (χ3n) is 2.82. The molecule has 86 valence electrons. The molecule has 2 aromatic heterocycles. The van der Waals surface area contributed by atoms with Crippen molar-refractivity contribution < 1.29 is 0 Å². The van der Waals surface area contributed by atoms with Gasteiger partial charge in [-0.1, -0.05) is 11.6 Å². The van der Waals surface area contributed by atoms with Gasteiger partial charge >= 0.3 is 0 Å². The summed E-state index contributed by atoms with van der Waals surface area (Å²) in [6, 6.07) is 7.61. The number of aromatic amines is 1. The number of nitrogen functional groups attached to an aromatic ring is 1. The van der Waals surface area contributed by atoms with Gasteiger partial charge in [0.05, 0.1) is 5.69 Å². The van der Waals surface area contributed by atoms with E-state index in [-0.39, 0.29) is 0 Å². The van der Waals surface area contributed by atoms with Gasteiger partial charge in [0.2, 0.25) is 0 Å². The Morgan fingerprint density at radius 3 is 2.88 bits per heavy atom. The number of halogens is 1. The number of nitrogens with zero attached hydrogens (tertiary/aromatic N) is 2. The first-order valence-electron chi connectivity index (χ1n) is 5.21. The third-order valence-corrected chi connectivity index (χ3v) is 3.05. The Kier molecular flexibility index (Phi) is 2.12. The minimum atomic E-state index is 0.513. The van der Waals surface area contributed by atoms with E-state index in [9.17, 15) is 0 Å². The number of anilines is 1. The number of aromatic nitrogens is 3. The van der Waals surface area contributed by atoms with Gasteiger partial charge in [-0.2, -0.15) is 5.10 Å². The molecule has 0 amide bonds. The van der Waals surface area contributed by atoms with Crippen LogP contribution in [0.4, 0.5) is 5.82 Å². The monoisotopic (exact) mass is 246 g/mol. The number of fused-ring (bicyclic) bond motifs is 1. The van der Waals surface area contributed by atoms with E-state index in [1.807, 2.05) is 37.5 Å². The summed E-state index contributed by atoms with van der Waals surface area (Å²) in [7, 11) is 1.87. The Labute approximate surface area is 103 Å². The number of hydrogen-bond acceptors (Lipinski definition) is 2. The van der Waals surface area contributed by atoms with E-state index in [0.29, 0.717) is 10.8 Å². The van der Waals surface area contributed by atoms with Crippen LogP contribution in [-0.2, 0) is 7.05 Å². The highest BCUT2D eigenvalue weighted by molar-refractivity contribution is 6.31. The molecule has 3 aromatic rings. The lowest BCUT2D eigenvalue weighted by atomic mass is 10.1. The van der Waals surface area contributed by atoms with Gasteiger partial charge in [0.25, 0.3) is 0 Å². The molecule has 0 saturated heterocycles. The fraction of sp³-hybridized carbons (Fsp3) is 0.0833. The highest BCUT2D eigenvalue weighted by Gasteiger charge is 2.11. The van der Waals surface area contributed by atoms with Crippen LogP contribution < -0.4 is 5.73 Å². The number of nitrogens with two attached hydrogens (primary N) is 1. The Morgan fingerprint density at radius 1 is 1.35 bits per heavy atom. The molecule has 0 aliphatic carbocycles.